The fourth-order valence-corrected chi connectivity index (χ4v) is 7.90. The van der Waals surface area contributed by atoms with Crippen molar-refractivity contribution in [2.45, 2.75) is 84.2 Å². The molecule has 4 aliphatic rings. The summed E-state index contributed by atoms with van der Waals surface area (Å²) in [6.07, 6.45) is 4.34. The molecule has 4 N–H and O–H groups in total. The van der Waals surface area contributed by atoms with E-state index in [1.165, 1.54) is 0 Å². The fourth-order valence-electron chi connectivity index (χ4n) is 7.90. The highest BCUT2D eigenvalue weighted by Crippen LogP contribution is 2.73. The van der Waals surface area contributed by atoms with Crippen LogP contribution in [-0.4, -0.2) is 59.8 Å². The summed E-state index contributed by atoms with van der Waals surface area (Å²) in [5, 5.41) is 55.4. The molecular formula is C26H39N3O4. The van der Waals surface area contributed by atoms with E-state index in [1.54, 1.807) is 4.68 Å². The van der Waals surface area contributed by atoms with Crippen LogP contribution in [-0.2, 0) is 5.41 Å². The molecular weight excluding hydrogens is 418 g/mol. The number of fused-ring (bicyclic) bond motifs is 3. The molecule has 33 heavy (non-hydrogen) atoms. The Balaban J connectivity index is 1.72. The highest BCUT2D eigenvalue weighted by Gasteiger charge is 2.75. The zero-order valence-corrected chi connectivity index (χ0v) is 20.8. The number of nitrogens with zero attached hydrogens (tertiary/aromatic N) is 3. The lowest BCUT2D eigenvalue weighted by Crippen LogP contribution is -2.64. The van der Waals surface area contributed by atoms with E-state index in [1.807, 2.05) is 25.3 Å². The molecule has 0 aromatic carbocycles. The Morgan fingerprint density at radius 2 is 1.88 bits per heavy atom. The molecule has 0 radical (unpaired) electrons. The topological polar surface area (TPSA) is 112 Å². The van der Waals surface area contributed by atoms with Gasteiger partial charge in [0.05, 0.1) is 23.8 Å². The van der Waals surface area contributed by atoms with Gasteiger partial charge in [-0.15, -0.1) is 5.10 Å². The predicted molar refractivity (Wildman–Crippen MR) is 124 cm³/mol. The summed E-state index contributed by atoms with van der Waals surface area (Å²) in [5.74, 6) is 0.346. The minimum absolute atomic E-state index is 0.0796. The summed E-state index contributed by atoms with van der Waals surface area (Å²) in [6.45, 7) is 14.3. The number of rotatable bonds is 2. The Morgan fingerprint density at radius 3 is 2.45 bits per heavy atom. The van der Waals surface area contributed by atoms with Gasteiger partial charge in [0.2, 0.25) is 0 Å². The maximum Gasteiger partial charge on any atom is 0.132 e. The Bertz CT molecular complexity index is 1040. The minimum Gasteiger partial charge on any atom is -0.392 e. The van der Waals surface area contributed by atoms with Gasteiger partial charge in [-0.25, -0.2) is 4.68 Å². The molecule has 4 aliphatic carbocycles. The van der Waals surface area contributed by atoms with Crippen molar-refractivity contribution in [3.63, 3.8) is 0 Å². The van der Waals surface area contributed by atoms with Crippen LogP contribution in [0.5, 0.6) is 0 Å². The van der Waals surface area contributed by atoms with E-state index in [9.17, 15) is 20.4 Å². The van der Waals surface area contributed by atoms with Crippen molar-refractivity contribution >= 4 is 0 Å². The van der Waals surface area contributed by atoms with Crippen molar-refractivity contribution in [2.75, 3.05) is 6.61 Å². The average molecular weight is 458 g/mol. The van der Waals surface area contributed by atoms with E-state index < -0.39 is 29.3 Å². The number of hydrogen-bond donors (Lipinski definition) is 4. The molecule has 2 bridgehead atoms. The van der Waals surface area contributed by atoms with Crippen molar-refractivity contribution < 1.29 is 20.4 Å². The van der Waals surface area contributed by atoms with Crippen LogP contribution in [0.15, 0.2) is 29.5 Å². The SMILES string of the molecule is CC1=C[C@]23C(O)[C@@H](C=C(CO)[C@@H](O)[C@]2(O)[C@H]1n1cc(C(C)(C)C)nn1)[C@H]1[C@@H](C[C@H]3C)C1(C)C. The molecule has 1 spiro atoms. The summed E-state index contributed by atoms with van der Waals surface area (Å²) in [4.78, 5) is 0. The molecule has 1 aromatic heterocycles. The summed E-state index contributed by atoms with van der Waals surface area (Å²) >= 11 is 0. The summed E-state index contributed by atoms with van der Waals surface area (Å²) in [5.41, 5.74) is -0.976. The van der Waals surface area contributed by atoms with Crippen LogP contribution in [0.1, 0.15) is 66.6 Å². The Hall–Kier alpha value is -1.54. The van der Waals surface area contributed by atoms with Gasteiger partial charge in [0.25, 0.3) is 0 Å². The summed E-state index contributed by atoms with van der Waals surface area (Å²) < 4.78 is 1.65. The third-order valence-electron chi connectivity index (χ3n) is 9.74. The van der Waals surface area contributed by atoms with Gasteiger partial charge in [0, 0.05) is 17.5 Å². The number of hydrogen-bond acceptors (Lipinski definition) is 6. The zero-order chi connectivity index (χ0) is 24.3. The quantitative estimate of drug-likeness (QED) is 0.508. The van der Waals surface area contributed by atoms with Crippen molar-refractivity contribution in [3.8, 4) is 0 Å². The maximum absolute atomic E-state index is 12.7. The van der Waals surface area contributed by atoms with E-state index in [2.05, 4.69) is 51.9 Å². The molecule has 182 valence electrons. The largest absolute Gasteiger partial charge is 0.392 e. The molecule has 2 fully saturated rings. The smallest absolute Gasteiger partial charge is 0.132 e. The van der Waals surface area contributed by atoms with Crippen molar-refractivity contribution in [2.24, 2.45) is 34.5 Å². The normalized spacial score (nSPS) is 46.0. The molecule has 2 saturated carbocycles. The second-order valence-electron chi connectivity index (χ2n) is 12.8. The fraction of sp³-hybridized carbons (Fsp3) is 0.769. The molecule has 0 aliphatic heterocycles. The van der Waals surface area contributed by atoms with Gasteiger partial charge >= 0.3 is 0 Å². The Kier molecular flexibility index (Phi) is 4.77. The number of aliphatic hydroxyl groups excluding tert-OH is 3. The van der Waals surface area contributed by atoms with E-state index >= 15 is 0 Å². The van der Waals surface area contributed by atoms with E-state index in [-0.39, 0.29) is 35.2 Å². The Labute approximate surface area is 196 Å². The first-order valence-electron chi connectivity index (χ1n) is 12.2. The first-order chi connectivity index (χ1) is 15.2. The third kappa shape index (κ3) is 2.71. The van der Waals surface area contributed by atoms with Crippen LogP contribution in [0.3, 0.4) is 0 Å². The first kappa shape index (κ1) is 23.2. The molecule has 1 aromatic rings. The second kappa shape index (κ2) is 6.78. The monoisotopic (exact) mass is 457 g/mol. The van der Waals surface area contributed by atoms with Crippen LogP contribution in [0.2, 0.25) is 0 Å². The van der Waals surface area contributed by atoms with Crippen LogP contribution >= 0.6 is 0 Å². The van der Waals surface area contributed by atoms with Gasteiger partial charge in [0.15, 0.2) is 0 Å². The minimum atomic E-state index is -1.77. The molecule has 5 rings (SSSR count). The molecule has 9 atom stereocenters. The van der Waals surface area contributed by atoms with Crippen molar-refractivity contribution in [1.29, 1.82) is 0 Å². The predicted octanol–water partition coefficient (Wildman–Crippen LogP) is 2.38. The van der Waals surface area contributed by atoms with Gasteiger partial charge in [0.1, 0.15) is 17.7 Å². The second-order valence-corrected chi connectivity index (χ2v) is 12.8. The molecule has 1 heterocycles. The molecule has 0 saturated heterocycles. The molecule has 7 nitrogen and oxygen atoms in total. The van der Waals surface area contributed by atoms with E-state index in [4.69, 9.17) is 0 Å². The van der Waals surface area contributed by atoms with Gasteiger partial charge in [-0.1, -0.05) is 58.9 Å². The number of aliphatic hydroxyl groups is 4. The number of aromatic nitrogens is 3. The summed E-state index contributed by atoms with van der Waals surface area (Å²) in [6, 6.07) is -0.704. The van der Waals surface area contributed by atoms with Crippen LogP contribution in [0, 0.1) is 34.5 Å². The molecule has 7 heteroatoms. The highest BCUT2D eigenvalue weighted by atomic mass is 16.4. The third-order valence-corrected chi connectivity index (χ3v) is 9.74. The van der Waals surface area contributed by atoms with Crippen molar-refractivity contribution in [1.82, 2.24) is 15.0 Å². The lowest BCUT2D eigenvalue weighted by atomic mass is 9.58. The molecule has 0 amide bonds. The van der Waals surface area contributed by atoms with Gasteiger partial charge in [-0.3, -0.25) is 0 Å². The lowest BCUT2D eigenvalue weighted by Gasteiger charge is -2.52. The highest BCUT2D eigenvalue weighted by molar-refractivity contribution is 5.43. The maximum atomic E-state index is 12.7. The standard InChI is InChI=1S/C26H39N3O4/c1-13-10-25-14(2)8-17-19(24(17,6)7)16(22(25)32)9-15(12-30)21(31)26(25,33)20(13)29-11-18(27-28-29)23(3,4)5/h9-11,14,16-17,19-22,30-33H,8,12H2,1-7H3/t14-,16+,17-,19+,20+,21-,22?,25+,26-/m1/s1. The van der Waals surface area contributed by atoms with Gasteiger partial charge < -0.3 is 20.4 Å². The lowest BCUT2D eigenvalue weighted by molar-refractivity contribution is -0.198. The van der Waals surface area contributed by atoms with E-state index in [0.29, 0.717) is 11.5 Å². The molecule has 1 unspecified atom stereocenters. The zero-order valence-electron chi connectivity index (χ0n) is 20.8. The van der Waals surface area contributed by atoms with Crippen LogP contribution in [0.25, 0.3) is 0 Å². The Morgan fingerprint density at radius 1 is 1.21 bits per heavy atom. The van der Waals surface area contributed by atoms with Crippen molar-refractivity contribution in [3.05, 3.63) is 35.2 Å². The summed E-state index contributed by atoms with van der Waals surface area (Å²) in [7, 11) is 0. The van der Waals surface area contributed by atoms with Gasteiger partial charge in [-0.2, -0.15) is 0 Å². The first-order valence-corrected chi connectivity index (χ1v) is 12.2. The van der Waals surface area contributed by atoms with Crippen LogP contribution < -0.4 is 0 Å². The van der Waals surface area contributed by atoms with Gasteiger partial charge in [-0.05, 0) is 47.7 Å². The van der Waals surface area contributed by atoms with E-state index in [0.717, 1.165) is 17.7 Å². The average Bonchev–Trinajstić information content (AvgIpc) is 3.05. The van der Waals surface area contributed by atoms with Crippen LogP contribution in [0.4, 0.5) is 0 Å².